The van der Waals surface area contributed by atoms with Crippen molar-refractivity contribution in [3.63, 3.8) is 0 Å². The van der Waals surface area contributed by atoms with Gasteiger partial charge in [0.15, 0.2) is 0 Å². The van der Waals surface area contributed by atoms with Crippen molar-refractivity contribution >= 4 is 16.9 Å². The summed E-state index contributed by atoms with van der Waals surface area (Å²) in [5.41, 5.74) is 5.08. The Balaban J connectivity index is 1.98. The molecule has 3 rings (SSSR count). The van der Waals surface area contributed by atoms with E-state index in [-0.39, 0.29) is 0 Å². The van der Waals surface area contributed by atoms with Crippen molar-refractivity contribution in [1.82, 2.24) is 10.3 Å². The van der Waals surface area contributed by atoms with Crippen molar-refractivity contribution < 1.29 is 9.90 Å². The van der Waals surface area contributed by atoms with Crippen molar-refractivity contribution in [3.8, 4) is 0 Å². The van der Waals surface area contributed by atoms with E-state index in [0.29, 0.717) is 6.42 Å². The summed E-state index contributed by atoms with van der Waals surface area (Å²) in [6.07, 6.45) is 7.28. The summed E-state index contributed by atoms with van der Waals surface area (Å²) in [5.74, 6) is -0.806. The molecule has 0 saturated carbocycles. The Bertz CT molecular complexity index is 645. The maximum absolute atomic E-state index is 11.2. The topological polar surface area (TPSA) is 65.1 Å². The normalized spacial score (nSPS) is 16.1. The van der Waals surface area contributed by atoms with E-state index in [4.69, 9.17) is 5.11 Å². The SMILES string of the molecule is CNC(Cc1c[nH]c2cc3c(cc12)CCCC3)C(=O)O. The molecule has 106 valence electrons. The first kappa shape index (κ1) is 13.2. The number of H-pyrrole nitrogens is 1. The number of carbonyl (C=O) groups is 1. The molecule has 3 N–H and O–H groups in total. The first-order valence-electron chi connectivity index (χ1n) is 7.21. The van der Waals surface area contributed by atoms with Gasteiger partial charge in [-0.1, -0.05) is 0 Å². The van der Waals surface area contributed by atoms with Crippen LogP contribution in [0.2, 0.25) is 0 Å². The minimum Gasteiger partial charge on any atom is -0.480 e. The third kappa shape index (κ3) is 2.31. The van der Waals surface area contributed by atoms with Gasteiger partial charge in [-0.05, 0) is 61.6 Å². The summed E-state index contributed by atoms with van der Waals surface area (Å²) >= 11 is 0. The van der Waals surface area contributed by atoms with Crippen molar-refractivity contribution in [3.05, 3.63) is 35.0 Å². The Morgan fingerprint density at radius 1 is 1.35 bits per heavy atom. The number of hydrogen-bond acceptors (Lipinski definition) is 2. The van der Waals surface area contributed by atoms with Crippen LogP contribution in [0, 0.1) is 0 Å². The molecule has 0 amide bonds. The van der Waals surface area contributed by atoms with E-state index in [2.05, 4.69) is 22.4 Å². The molecule has 4 heteroatoms. The highest BCUT2D eigenvalue weighted by molar-refractivity contribution is 5.86. The standard InChI is InChI=1S/C16H20N2O2/c1-17-15(16(19)20)8-12-9-18-14-7-11-5-3-2-4-10(11)6-13(12)14/h6-7,9,15,17-18H,2-5,8H2,1H3,(H,19,20). The third-order valence-electron chi connectivity index (χ3n) is 4.30. The molecule has 1 atom stereocenters. The Kier molecular flexibility index (Phi) is 3.49. The van der Waals surface area contributed by atoms with Crippen molar-refractivity contribution in [2.45, 2.75) is 38.1 Å². The molecule has 0 radical (unpaired) electrons. The number of aromatic amines is 1. The molecule has 1 aliphatic carbocycles. The van der Waals surface area contributed by atoms with Crippen LogP contribution in [0.25, 0.3) is 10.9 Å². The molecule has 0 fully saturated rings. The van der Waals surface area contributed by atoms with E-state index in [9.17, 15) is 4.79 Å². The minimum atomic E-state index is -0.806. The zero-order valence-corrected chi connectivity index (χ0v) is 11.7. The molecule has 0 bridgehead atoms. The summed E-state index contributed by atoms with van der Waals surface area (Å²) in [5, 5.41) is 13.2. The van der Waals surface area contributed by atoms with Gasteiger partial charge in [0.25, 0.3) is 0 Å². The summed E-state index contributed by atoms with van der Waals surface area (Å²) in [4.78, 5) is 14.4. The van der Waals surface area contributed by atoms with Gasteiger partial charge in [-0.3, -0.25) is 4.79 Å². The molecule has 1 heterocycles. The van der Waals surface area contributed by atoms with E-state index in [0.717, 1.165) is 23.9 Å². The number of benzene rings is 1. The van der Waals surface area contributed by atoms with Gasteiger partial charge in [-0.2, -0.15) is 0 Å². The number of aryl methyl sites for hydroxylation is 2. The average molecular weight is 272 g/mol. The lowest BCUT2D eigenvalue weighted by atomic mass is 9.90. The van der Waals surface area contributed by atoms with Crippen LogP contribution in [-0.4, -0.2) is 29.1 Å². The first-order chi connectivity index (χ1) is 9.69. The second-order valence-electron chi connectivity index (χ2n) is 5.57. The summed E-state index contributed by atoms with van der Waals surface area (Å²) in [6, 6.07) is 3.96. The number of nitrogens with one attached hydrogen (secondary N) is 2. The van der Waals surface area contributed by atoms with Crippen LogP contribution in [0.1, 0.15) is 29.5 Å². The predicted molar refractivity (Wildman–Crippen MR) is 79.1 cm³/mol. The minimum absolute atomic E-state index is 0.505. The monoisotopic (exact) mass is 272 g/mol. The van der Waals surface area contributed by atoms with Gasteiger partial charge >= 0.3 is 5.97 Å². The number of aliphatic carboxylic acids is 1. The molecule has 0 saturated heterocycles. The molecule has 4 nitrogen and oxygen atoms in total. The number of hydrogen-bond donors (Lipinski definition) is 3. The number of fused-ring (bicyclic) bond motifs is 2. The fraction of sp³-hybridized carbons (Fsp3) is 0.438. The molecule has 0 aliphatic heterocycles. The van der Waals surface area contributed by atoms with Gasteiger partial charge < -0.3 is 15.4 Å². The predicted octanol–water partition coefficient (Wildman–Crippen LogP) is 2.26. The average Bonchev–Trinajstić information content (AvgIpc) is 2.84. The van der Waals surface area contributed by atoms with Crippen molar-refractivity contribution in [1.29, 1.82) is 0 Å². The van der Waals surface area contributed by atoms with Crippen LogP contribution in [0.5, 0.6) is 0 Å². The van der Waals surface area contributed by atoms with Crippen LogP contribution in [0.15, 0.2) is 18.3 Å². The van der Waals surface area contributed by atoms with Crippen molar-refractivity contribution in [2.75, 3.05) is 7.05 Å². The number of likely N-dealkylation sites (N-methyl/N-ethyl adjacent to an activating group) is 1. The van der Waals surface area contributed by atoms with Crippen LogP contribution in [0.3, 0.4) is 0 Å². The summed E-state index contributed by atoms with van der Waals surface area (Å²) in [6.45, 7) is 0. The van der Waals surface area contributed by atoms with E-state index < -0.39 is 12.0 Å². The molecule has 1 unspecified atom stereocenters. The van der Waals surface area contributed by atoms with Crippen LogP contribution in [0.4, 0.5) is 0 Å². The molecule has 1 aromatic carbocycles. The number of carboxylic acid groups (broad SMARTS) is 1. The second kappa shape index (κ2) is 5.29. The molecular weight excluding hydrogens is 252 g/mol. The lowest BCUT2D eigenvalue weighted by Gasteiger charge is -2.16. The Morgan fingerprint density at radius 2 is 2.05 bits per heavy atom. The first-order valence-corrected chi connectivity index (χ1v) is 7.21. The van der Waals surface area contributed by atoms with E-state index >= 15 is 0 Å². The van der Waals surface area contributed by atoms with Gasteiger partial charge in [-0.25, -0.2) is 0 Å². The Morgan fingerprint density at radius 3 is 2.70 bits per heavy atom. The molecule has 1 aliphatic rings. The lowest BCUT2D eigenvalue weighted by Crippen LogP contribution is -2.35. The zero-order valence-electron chi connectivity index (χ0n) is 11.7. The highest BCUT2D eigenvalue weighted by atomic mass is 16.4. The largest absolute Gasteiger partial charge is 0.480 e. The van der Waals surface area contributed by atoms with E-state index in [1.54, 1.807) is 7.05 Å². The smallest absolute Gasteiger partial charge is 0.321 e. The molecule has 0 spiro atoms. The molecule has 1 aromatic heterocycles. The highest BCUT2D eigenvalue weighted by Gasteiger charge is 2.19. The Labute approximate surface area is 118 Å². The van der Waals surface area contributed by atoms with E-state index in [1.807, 2.05) is 6.20 Å². The Hall–Kier alpha value is -1.81. The fourth-order valence-corrected chi connectivity index (χ4v) is 3.12. The van der Waals surface area contributed by atoms with Gasteiger partial charge in [0, 0.05) is 23.5 Å². The molecular formula is C16H20N2O2. The van der Waals surface area contributed by atoms with Crippen LogP contribution >= 0.6 is 0 Å². The van der Waals surface area contributed by atoms with Crippen LogP contribution in [-0.2, 0) is 24.1 Å². The quantitative estimate of drug-likeness (QED) is 0.800. The number of rotatable bonds is 4. The van der Waals surface area contributed by atoms with Gasteiger partial charge in [0.2, 0.25) is 0 Å². The highest BCUT2D eigenvalue weighted by Crippen LogP contribution is 2.28. The second-order valence-corrected chi connectivity index (χ2v) is 5.57. The molecule has 2 aromatic rings. The third-order valence-corrected chi connectivity index (χ3v) is 4.30. The van der Waals surface area contributed by atoms with Gasteiger partial charge in [0.05, 0.1) is 0 Å². The van der Waals surface area contributed by atoms with Gasteiger partial charge in [0.1, 0.15) is 6.04 Å². The van der Waals surface area contributed by atoms with Crippen LogP contribution < -0.4 is 5.32 Å². The lowest BCUT2D eigenvalue weighted by molar-refractivity contribution is -0.139. The summed E-state index contributed by atoms with van der Waals surface area (Å²) < 4.78 is 0. The number of carboxylic acids is 1. The summed E-state index contributed by atoms with van der Waals surface area (Å²) in [7, 11) is 1.69. The maximum atomic E-state index is 11.2. The number of aromatic nitrogens is 1. The van der Waals surface area contributed by atoms with E-state index in [1.165, 1.54) is 29.4 Å². The molecule has 20 heavy (non-hydrogen) atoms. The maximum Gasteiger partial charge on any atom is 0.321 e. The van der Waals surface area contributed by atoms with Gasteiger partial charge in [-0.15, -0.1) is 0 Å². The fourth-order valence-electron chi connectivity index (χ4n) is 3.12. The zero-order chi connectivity index (χ0) is 14.1. The van der Waals surface area contributed by atoms with Crippen molar-refractivity contribution in [2.24, 2.45) is 0 Å².